The van der Waals surface area contributed by atoms with Gasteiger partial charge in [0.25, 0.3) is 0 Å². The molecule has 2 atom stereocenters. The van der Waals surface area contributed by atoms with Crippen molar-refractivity contribution in [2.24, 2.45) is 0 Å². The highest BCUT2D eigenvalue weighted by Gasteiger charge is 2.33. The number of β-amino-alcohol motifs (C(OH)–C–C–N with tert-alkyl or cyclic N) is 1. The van der Waals surface area contributed by atoms with Gasteiger partial charge >= 0.3 is 6.09 Å². The molecular formula is C16H22FNO3. The summed E-state index contributed by atoms with van der Waals surface area (Å²) in [5.41, 5.74) is 0.216. The molecule has 1 aliphatic heterocycles. The number of amides is 1. The highest BCUT2D eigenvalue weighted by Crippen LogP contribution is 2.29. The summed E-state index contributed by atoms with van der Waals surface area (Å²) in [5.74, 6) is -0.464. The molecule has 1 amide bonds. The van der Waals surface area contributed by atoms with E-state index in [1.54, 1.807) is 32.9 Å². The van der Waals surface area contributed by atoms with Crippen molar-refractivity contribution in [3.8, 4) is 0 Å². The van der Waals surface area contributed by atoms with Crippen LogP contribution >= 0.6 is 0 Å². The summed E-state index contributed by atoms with van der Waals surface area (Å²) in [6, 6.07) is 6.26. The van der Waals surface area contributed by atoms with Crippen molar-refractivity contribution in [3.63, 3.8) is 0 Å². The van der Waals surface area contributed by atoms with Crippen molar-refractivity contribution in [2.45, 2.75) is 44.8 Å². The van der Waals surface area contributed by atoms with Gasteiger partial charge in [0.05, 0.1) is 12.6 Å². The molecule has 4 nitrogen and oxygen atoms in total. The number of hydrogen-bond acceptors (Lipinski definition) is 3. The number of likely N-dealkylation sites (tertiary alicyclic amines) is 1. The lowest BCUT2D eigenvalue weighted by molar-refractivity contribution is -0.00154. The molecule has 116 valence electrons. The molecule has 1 fully saturated rings. The molecule has 5 heteroatoms. The van der Waals surface area contributed by atoms with Gasteiger partial charge in [-0.2, -0.15) is 0 Å². The molecule has 1 heterocycles. The van der Waals surface area contributed by atoms with Crippen LogP contribution in [0, 0.1) is 5.82 Å². The lowest BCUT2D eigenvalue weighted by Gasteiger charge is -2.36. The molecular weight excluding hydrogens is 273 g/mol. The fraction of sp³-hybridized carbons (Fsp3) is 0.562. The van der Waals surface area contributed by atoms with E-state index in [-0.39, 0.29) is 18.3 Å². The Morgan fingerprint density at radius 2 is 2.14 bits per heavy atom. The fourth-order valence-corrected chi connectivity index (χ4v) is 2.55. The molecule has 2 rings (SSSR count). The van der Waals surface area contributed by atoms with E-state index in [0.717, 1.165) is 5.56 Å². The molecule has 0 unspecified atom stereocenters. The molecule has 0 saturated carbocycles. The fourth-order valence-electron chi connectivity index (χ4n) is 2.55. The Morgan fingerprint density at radius 3 is 2.71 bits per heavy atom. The molecule has 1 aliphatic rings. The van der Waals surface area contributed by atoms with Crippen LogP contribution in [0.4, 0.5) is 9.18 Å². The van der Waals surface area contributed by atoms with Gasteiger partial charge in [-0.25, -0.2) is 9.18 Å². The third-order valence-electron chi connectivity index (χ3n) is 3.51. The summed E-state index contributed by atoms with van der Waals surface area (Å²) in [5, 5.41) is 10.3. The summed E-state index contributed by atoms with van der Waals surface area (Å²) in [7, 11) is 0. The van der Waals surface area contributed by atoms with Crippen molar-refractivity contribution in [1.29, 1.82) is 0 Å². The van der Waals surface area contributed by atoms with Crippen LogP contribution in [0.2, 0.25) is 0 Å². The van der Waals surface area contributed by atoms with Gasteiger partial charge in [-0.05, 0) is 44.9 Å². The van der Waals surface area contributed by atoms with Crippen LogP contribution in [0.5, 0.6) is 0 Å². The Hall–Kier alpha value is -1.62. The number of hydrogen-bond donors (Lipinski definition) is 1. The van der Waals surface area contributed by atoms with E-state index in [1.807, 2.05) is 0 Å². The number of aliphatic hydroxyl groups excluding tert-OH is 1. The monoisotopic (exact) mass is 295 g/mol. The molecule has 1 aromatic carbocycles. The van der Waals surface area contributed by atoms with Crippen LogP contribution in [0.3, 0.4) is 0 Å². The van der Waals surface area contributed by atoms with E-state index in [2.05, 4.69) is 0 Å². The number of carbonyl (C=O) groups is 1. The molecule has 1 saturated heterocycles. The molecule has 1 N–H and O–H groups in total. The van der Waals surface area contributed by atoms with Gasteiger partial charge in [0.1, 0.15) is 11.4 Å². The number of nitrogens with zero attached hydrogens (tertiary/aromatic N) is 1. The highest BCUT2D eigenvalue weighted by atomic mass is 19.1. The van der Waals surface area contributed by atoms with E-state index in [9.17, 15) is 14.3 Å². The quantitative estimate of drug-likeness (QED) is 0.866. The Bertz CT molecular complexity index is 512. The van der Waals surface area contributed by atoms with Crippen LogP contribution in [0.15, 0.2) is 24.3 Å². The first kappa shape index (κ1) is 15.8. The van der Waals surface area contributed by atoms with Crippen molar-refractivity contribution >= 4 is 6.09 Å². The topological polar surface area (TPSA) is 49.8 Å². The number of benzene rings is 1. The van der Waals surface area contributed by atoms with E-state index in [1.165, 1.54) is 17.0 Å². The SMILES string of the molecule is CC(C)(C)OC(=O)N1CC[C@@H](c2cccc(F)c2)[C@@H](O)C1. The second kappa shape index (κ2) is 6.02. The van der Waals surface area contributed by atoms with Gasteiger partial charge in [0.15, 0.2) is 0 Å². The highest BCUT2D eigenvalue weighted by molar-refractivity contribution is 5.68. The molecule has 0 aromatic heterocycles. The normalized spacial score (nSPS) is 23.0. The van der Waals surface area contributed by atoms with Crippen LogP contribution in [-0.2, 0) is 4.74 Å². The minimum absolute atomic E-state index is 0.153. The Balaban J connectivity index is 2.01. The lowest BCUT2D eigenvalue weighted by Crippen LogP contribution is -2.47. The minimum atomic E-state index is -0.715. The van der Waals surface area contributed by atoms with Crippen molar-refractivity contribution in [3.05, 3.63) is 35.6 Å². The van der Waals surface area contributed by atoms with Crippen LogP contribution in [-0.4, -0.2) is 40.9 Å². The zero-order valence-electron chi connectivity index (χ0n) is 12.7. The number of rotatable bonds is 1. The average molecular weight is 295 g/mol. The van der Waals surface area contributed by atoms with Gasteiger partial charge in [-0.3, -0.25) is 0 Å². The maximum absolute atomic E-state index is 13.3. The predicted octanol–water partition coefficient (Wildman–Crippen LogP) is 2.91. The molecule has 21 heavy (non-hydrogen) atoms. The number of ether oxygens (including phenoxy) is 1. The molecule has 0 bridgehead atoms. The summed E-state index contributed by atoms with van der Waals surface area (Å²) in [6.45, 7) is 6.12. The molecule has 0 radical (unpaired) electrons. The Kier molecular flexibility index (Phi) is 4.52. The van der Waals surface area contributed by atoms with Gasteiger partial charge < -0.3 is 14.7 Å². The van der Waals surface area contributed by atoms with E-state index in [0.29, 0.717) is 13.0 Å². The van der Waals surface area contributed by atoms with Crippen LogP contribution < -0.4 is 0 Å². The number of halogens is 1. The zero-order valence-corrected chi connectivity index (χ0v) is 12.7. The first-order chi connectivity index (χ1) is 9.76. The lowest BCUT2D eigenvalue weighted by atomic mass is 9.87. The first-order valence-electron chi connectivity index (χ1n) is 7.18. The van der Waals surface area contributed by atoms with E-state index >= 15 is 0 Å². The maximum atomic E-state index is 13.3. The van der Waals surface area contributed by atoms with Crippen molar-refractivity contribution < 1.29 is 19.0 Å². The molecule has 0 aliphatic carbocycles. The summed E-state index contributed by atoms with van der Waals surface area (Å²) in [6.07, 6.45) is -0.545. The molecule has 0 spiro atoms. The van der Waals surface area contributed by atoms with Gasteiger partial charge in [0, 0.05) is 12.5 Å². The average Bonchev–Trinajstić information content (AvgIpc) is 2.36. The summed E-state index contributed by atoms with van der Waals surface area (Å²) < 4.78 is 18.6. The third-order valence-corrected chi connectivity index (χ3v) is 3.51. The van der Waals surface area contributed by atoms with Gasteiger partial charge in [0.2, 0.25) is 0 Å². The summed E-state index contributed by atoms with van der Waals surface area (Å²) in [4.78, 5) is 13.5. The summed E-state index contributed by atoms with van der Waals surface area (Å²) >= 11 is 0. The van der Waals surface area contributed by atoms with Crippen molar-refractivity contribution in [2.75, 3.05) is 13.1 Å². The number of aliphatic hydroxyl groups is 1. The standard InChI is InChI=1S/C16H22FNO3/c1-16(2,3)21-15(20)18-8-7-13(14(19)10-18)11-5-4-6-12(17)9-11/h4-6,9,13-14,19H,7-8,10H2,1-3H3/t13-,14-/m0/s1. The van der Waals surface area contributed by atoms with Gasteiger partial charge in [-0.1, -0.05) is 12.1 Å². The Morgan fingerprint density at radius 1 is 1.43 bits per heavy atom. The Labute approximate surface area is 124 Å². The molecule has 1 aromatic rings. The van der Waals surface area contributed by atoms with Crippen molar-refractivity contribution in [1.82, 2.24) is 4.90 Å². The number of carbonyl (C=O) groups excluding carboxylic acids is 1. The number of piperidine rings is 1. The maximum Gasteiger partial charge on any atom is 0.410 e. The predicted molar refractivity (Wildman–Crippen MR) is 77.6 cm³/mol. The largest absolute Gasteiger partial charge is 0.444 e. The first-order valence-corrected chi connectivity index (χ1v) is 7.18. The minimum Gasteiger partial charge on any atom is -0.444 e. The van der Waals surface area contributed by atoms with Crippen LogP contribution in [0.25, 0.3) is 0 Å². The zero-order chi connectivity index (χ0) is 15.6. The second-order valence-corrected chi connectivity index (χ2v) is 6.44. The van der Waals surface area contributed by atoms with E-state index in [4.69, 9.17) is 4.74 Å². The van der Waals surface area contributed by atoms with Gasteiger partial charge in [-0.15, -0.1) is 0 Å². The second-order valence-electron chi connectivity index (χ2n) is 6.44. The van der Waals surface area contributed by atoms with E-state index < -0.39 is 17.8 Å². The third kappa shape index (κ3) is 4.17. The van der Waals surface area contributed by atoms with Crippen LogP contribution in [0.1, 0.15) is 38.7 Å². The smallest absolute Gasteiger partial charge is 0.410 e.